The van der Waals surface area contributed by atoms with Crippen molar-refractivity contribution >= 4 is 18.3 Å². The summed E-state index contributed by atoms with van der Waals surface area (Å²) in [5.74, 6) is -0.293. The number of anilines is 1. The van der Waals surface area contributed by atoms with Gasteiger partial charge in [0.1, 0.15) is 5.82 Å². The van der Waals surface area contributed by atoms with Crippen LogP contribution in [0.15, 0.2) is 47.2 Å². The highest BCUT2D eigenvalue weighted by atomic mass is 19.1. The Morgan fingerprint density at radius 3 is 2.11 bits per heavy atom. The molecule has 4 heteroatoms. The molecule has 0 saturated heterocycles. The van der Waals surface area contributed by atoms with Crippen molar-refractivity contribution in [3.8, 4) is 0 Å². The molecule has 0 aliphatic rings. The van der Waals surface area contributed by atoms with Crippen molar-refractivity contribution in [1.29, 1.82) is 0 Å². The number of carbonyl (C=O) groups excluding carboxylic acids is 2. The number of hydrogen-bond donors (Lipinski definition) is 0. The highest BCUT2D eigenvalue weighted by molar-refractivity contribution is 6.00. The van der Waals surface area contributed by atoms with Gasteiger partial charge in [0.05, 0.1) is 5.57 Å². The fourth-order valence-corrected chi connectivity index (χ4v) is 1.58. The second-order valence-corrected chi connectivity index (χ2v) is 4.20. The molecule has 0 spiro atoms. The summed E-state index contributed by atoms with van der Waals surface area (Å²) in [6.45, 7) is 3.54. The Kier molecular flexibility index (Phi) is 5.18. The van der Waals surface area contributed by atoms with Gasteiger partial charge in [0.25, 0.3) is 0 Å². The highest BCUT2D eigenvalue weighted by Gasteiger charge is 2.04. The molecule has 0 aliphatic carbocycles. The topological polar surface area (TPSA) is 37.4 Å². The second-order valence-electron chi connectivity index (χ2n) is 4.20. The van der Waals surface area contributed by atoms with E-state index < -0.39 is 0 Å². The van der Waals surface area contributed by atoms with Gasteiger partial charge in [0, 0.05) is 18.4 Å². The standard InChI is InChI=1S/C15H16FNO2/c1-11(13(9-18)10-19)8-12(2)17(3)15-6-4-14(16)5-7-15/h4-10H,1-3H3/b12-8-. The number of aldehydes is 2. The van der Waals surface area contributed by atoms with Gasteiger partial charge in [-0.05, 0) is 49.8 Å². The fourth-order valence-electron chi connectivity index (χ4n) is 1.58. The molecule has 0 bridgehead atoms. The van der Waals surface area contributed by atoms with E-state index in [0.717, 1.165) is 11.4 Å². The third kappa shape index (κ3) is 3.88. The molecular weight excluding hydrogens is 245 g/mol. The molecule has 100 valence electrons. The third-order valence-electron chi connectivity index (χ3n) is 2.88. The minimum atomic E-state index is -0.293. The van der Waals surface area contributed by atoms with E-state index in [9.17, 15) is 14.0 Å². The van der Waals surface area contributed by atoms with Crippen molar-refractivity contribution in [2.45, 2.75) is 13.8 Å². The first-order chi connectivity index (χ1) is 8.99. The van der Waals surface area contributed by atoms with Crippen molar-refractivity contribution < 1.29 is 14.0 Å². The quantitative estimate of drug-likeness (QED) is 0.269. The van der Waals surface area contributed by atoms with E-state index in [2.05, 4.69) is 0 Å². The molecule has 0 aliphatic heterocycles. The van der Waals surface area contributed by atoms with Crippen LogP contribution in [0, 0.1) is 5.82 Å². The maximum Gasteiger partial charge on any atom is 0.153 e. The van der Waals surface area contributed by atoms with Crippen LogP contribution < -0.4 is 4.90 Å². The average molecular weight is 261 g/mol. The van der Waals surface area contributed by atoms with Gasteiger partial charge in [-0.1, -0.05) is 0 Å². The number of benzene rings is 1. The lowest BCUT2D eigenvalue weighted by atomic mass is 10.1. The van der Waals surface area contributed by atoms with Crippen LogP contribution in [0.25, 0.3) is 0 Å². The smallest absolute Gasteiger partial charge is 0.153 e. The minimum absolute atomic E-state index is 0.117. The highest BCUT2D eigenvalue weighted by Crippen LogP contribution is 2.18. The Morgan fingerprint density at radius 2 is 1.63 bits per heavy atom. The molecule has 0 N–H and O–H groups in total. The predicted molar refractivity (Wildman–Crippen MR) is 73.4 cm³/mol. The van der Waals surface area contributed by atoms with Gasteiger partial charge in [0.2, 0.25) is 0 Å². The van der Waals surface area contributed by atoms with E-state index in [-0.39, 0.29) is 11.4 Å². The van der Waals surface area contributed by atoms with E-state index in [0.29, 0.717) is 18.1 Å². The van der Waals surface area contributed by atoms with Crippen molar-refractivity contribution in [3.05, 3.63) is 53.0 Å². The number of halogens is 1. The summed E-state index contributed by atoms with van der Waals surface area (Å²) in [7, 11) is 1.83. The normalized spacial score (nSPS) is 10.8. The summed E-state index contributed by atoms with van der Waals surface area (Å²) in [6.07, 6.45) is 2.80. The number of allylic oxidation sites excluding steroid dienone is 4. The van der Waals surface area contributed by atoms with E-state index in [4.69, 9.17) is 0 Å². The number of nitrogens with zero attached hydrogens (tertiary/aromatic N) is 1. The molecule has 1 aromatic rings. The van der Waals surface area contributed by atoms with Crippen LogP contribution in [0.4, 0.5) is 10.1 Å². The summed E-state index contributed by atoms with van der Waals surface area (Å²) >= 11 is 0. The molecule has 19 heavy (non-hydrogen) atoms. The van der Waals surface area contributed by atoms with Crippen LogP contribution >= 0.6 is 0 Å². The van der Waals surface area contributed by atoms with Gasteiger partial charge in [-0.2, -0.15) is 0 Å². The Bertz CT molecular complexity index is 520. The molecule has 0 aromatic heterocycles. The maximum atomic E-state index is 12.8. The summed E-state index contributed by atoms with van der Waals surface area (Å²) < 4.78 is 12.8. The Morgan fingerprint density at radius 1 is 1.11 bits per heavy atom. The Hall–Kier alpha value is -2.23. The second kappa shape index (κ2) is 6.64. The molecule has 1 rings (SSSR count). The lowest BCUT2D eigenvalue weighted by molar-refractivity contribution is -0.109. The van der Waals surface area contributed by atoms with Crippen LogP contribution in [-0.2, 0) is 9.59 Å². The molecule has 0 radical (unpaired) electrons. The largest absolute Gasteiger partial charge is 0.348 e. The average Bonchev–Trinajstić information content (AvgIpc) is 2.40. The molecule has 0 unspecified atom stereocenters. The number of rotatable bonds is 5. The van der Waals surface area contributed by atoms with Gasteiger partial charge in [-0.15, -0.1) is 0 Å². The molecule has 0 saturated carbocycles. The monoisotopic (exact) mass is 261 g/mol. The summed E-state index contributed by atoms with van der Waals surface area (Å²) in [6, 6.07) is 6.08. The molecule has 3 nitrogen and oxygen atoms in total. The van der Waals surface area contributed by atoms with Gasteiger partial charge < -0.3 is 4.90 Å². The van der Waals surface area contributed by atoms with Gasteiger partial charge in [-0.25, -0.2) is 4.39 Å². The number of hydrogen-bond acceptors (Lipinski definition) is 3. The lowest BCUT2D eigenvalue weighted by Crippen LogP contribution is -2.14. The van der Waals surface area contributed by atoms with Crippen molar-refractivity contribution in [3.63, 3.8) is 0 Å². The Labute approximate surface area is 112 Å². The molecule has 0 atom stereocenters. The van der Waals surface area contributed by atoms with E-state index in [1.807, 2.05) is 18.9 Å². The maximum absolute atomic E-state index is 12.8. The van der Waals surface area contributed by atoms with E-state index in [1.54, 1.807) is 25.1 Å². The first-order valence-electron chi connectivity index (χ1n) is 5.78. The van der Waals surface area contributed by atoms with Crippen LogP contribution in [0.1, 0.15) is 13.8 Å². The molecule has 1 aromatic carbocycles. The first-order valence-corrected chi connectivity index (χ1v) is 5.78. The predicted octanol–water partition coefficient (Wildman–Crippen LogP) is 2.88. The van der Waals surface area contributed by atoms with Crippen LogP contribution in [0.2, 0.25) is 0 Å². The zero-order valence-corrected chi connectivity index (χ0v) is 11.2. The zero-order chi connectivity index (χ0) is 14.4. The number of carbonyl (C=O) groups is 2. The first kappa shape index (κ1) is 14.8. The summed E-state index contributed by atoms with van der Waals surface area (Å²) in [5.41, 5.74) is 2.37. The van der Waals surface area contributed by atoms with Crippen molar-refractivity contribution in [1.82, 2.24) is 0 Å². The molecule has 0 amide bonds. The van der Waals surface area contributed by atoms with E-state index >= 15 is 0 Å². The van der Waals surface area contributed by atoms with Crippen LogP contribution in [0.5, 0.6) is 0 Å². The van der Waals surface area contributed by atoms with E-state index in [1.165, 1.54) is 12.1 Å². The molecular formula is C15H16FNO2. The molecule has 0 fully saturated rings. The summed E-state index contributed by atoms with van der Waals surface area (Å²) in [4.78, 5) is 23.2. The minimum Gasteiger partial charge on any atom is -0.348 e. The Balaban J connectivity index is 3.02. The lowest BCUT2D eigenvalue weighted by Gasteiger charge is -2.20. The van der Waals surface area contributed by atoms with Crippen LogP contribution in [0.3, 0.4) is 0 Å². The summed E-state index contributed by atoms with van der Waals surface area (Å²) in [5, 5.41) is 0. The third-order valence-corrected chi connectivity index (χ3v) is 2.88. The zero-order valence-electron chi connectivity index (χ0n) is 11.2. The fraction of sp³-hybridized carbons (Fsp3) is 0.200. The van der Waals surface area contributed by atoms with Gasteiger partial charge in [0.15, 0.2) is 12.6 Å². The van der Waals surface area contributed by atoms with Gasteiger partial charge >= 0.3 is 0 Å². The van der Waals surface area contributed by atoms with Gasteiger partial charge in [-0.3, -0.25) is 9.59 Å². The van der Waals surface area contributed by atoms with Crippen molar-refractivity contribution in [2.24, 2.45) is 0 Å². The van der Waals surface area contributed by atoms with Crippen LogP contribution in [-0.4, -0.2) is 19.6 Å². The van der Waals surface area contributed by atoms with Crippen molar-refractivity contribution in [2.75, 3.05) is 11.9 Å². The molecule has 0 heterocycles. The SMILES string of the molecule is CC(/C=C(/C)N(C)c1ccc(F)cc1)=C(C=O)C=O.